The number of carbonyl (C=O) groups excluding carboxylic acids is 1. The Morgan fingerprint density at radius 1 is 1.25 bits per heavy atom. The van der Waals surface area contributed by atoms with Crippen LogP contribution < -0.4 is 5.32 Å². The first-order valence-electron chi connectivity index (χ1n) is 5.48. The molecule has 20 heavy (non-hydrogen) atoms. The number of nitro benzene ring substituents is 1. The lowest BCUT2D eigenvalue weighted by atomic mass is 10.2. The molecular weight excluding hydrogens is 331 g/mol. The van der Waals surface area contributed by atoms with Crippen LogP contribution in [0.2, 0.25) is 0 Å². The first-order chi connectivity index (χ1) is 9.47. The number of carbonyl (C=O) groups is 1. The zero-order valence-corrected chi connectivity index (χ0v) is 11.6. The van der Waals surface area contributed by atoms with Gasteiger partial charge >= 0.3 is 0 Å². The summed E-state index contributed by atoms with van der Waals surface area (Å²) in [5.41, 5.74) is 0.234. The van der Waals surface area contributed by atoms with Crippen LogP contribution in [0.3, 0.4) is 0 Å². The fourth-order valence-corrected chi connectivity index (χ4v) is 1.99. The summed E-state index contributed by atoms with van der Waals surface area (Å²) in [6.07, 6.45) is 0. The normalized spacial score (nSPS) is 10.1. The van der Waals surface area contributed by atoms with Crippen molar-refractivity contribution in [3.63, 3.8) is 0 Å². The Morgan fingerprint density at radius 3 is 2.70 bits per heavy atom. The Labute approximate surface area is 121 Å². The smallest absolute Gasteiger partial charge is 0.271 e. The molecule has 5 nitrogen and oxygen atoms in total. The fraction of sp³-hybridized carbons (Fsp3) is 0. The van der Waals surface area contributed by atoms with E-state index in [2.05, 4.69) is 21.2 Å². The number of hydrogen-bond donors (Lipinski definition) is 1. The van der Waals surface area contributed by atoms with Crippen LogP contribution in [-0.4, -0.2) is 10.8 Å². The second-order valence-corrected chi connectivity index (χ2v) is 4.74. The molecule has 0 bridgehead atoms. The van der Waals surface area contributed by atoms with Crippen molar-refractivity contribution in [2.75, 3.05) is 5.32 Å². The SMILES string of the molecule is O=C(Nc1cccc([N+](=O)[O-])c1)c1cc(F)ccc1Br. The van der Waals surface area contributed by atoms with Crippen LogP contribution in [0, 0.1) is 15.9 Å². The number of amides is 1. The maximum Gasteiger partial charge on any atom is 0.271 e. The van der Waals surface area contributed by atoms with Crippen LogP contribution in [0.25, 0.3) is 0 Å². The molecule has 7 heteroatoms. The third-order valence-electron chi connectivity index (χ3n) is 2.49. The van der Waals surface area contributed by atoms with Crippen molar-refractivity contribution in [2.24, 2.45) is 0 Å². The molecule has 1 N–H and O–H groups in total. The average Bonchev–Trinajstić information content (AvgIpc) is 2.41. The van der Waals surface area contributed by atoms with Gasteiger partial charge in [-0.1, -0.05) is 6.07 Å². The number of non-ortho nitro benzene ring substituents is 1. The van der Waals surface area contributed by atoms with Crippen LogP contribution in [0.5, 0.6) is 0 Å². The van der Waals surface area contributed by atoms with Gasteiger partial charge in [0.2, 0.25) is 0 Å². The molecule has 0 saturated carbocycles. The van der Waals surface area contributed by atoms with E-state index in [9.17, 15) is 19.3 Å². The average molecular weight is 339 g/mol. The van der Waals surface area contributed by atoms with Gasteiger partial charge in [0.05, 0.1) is 10.5 Å². The van der Waals surface area contributed by atoms with Crippen molar-refractivity contribution in [1.82, 2.24) is 0 Å². The monoisotopic (exact) mass is 338 g/mol. The third kappa shape index (κ3) is 3.18. The molecule has 0 aliphatic rings. The predicted octanol–water partition coefficient (Wildman–Crippen LogP) is 3.75. The molecule has 0 atom stereocenters. The molecule has 2 rings (SSSR count). The van der Waals surface area contributed by atoms with Gasteiger partial charge in [0, 0.05) is 22.3 Å². The van der Waals surface area contributed by atoms with Gasteiger partial charge in [-0.15, -0.1) is 0 Å². The highest BCUT2D eigenvalue weighted by molar-refractivity contribution is 9.10. The highest BCUT2D eigenvalue weighted by Crippen LogP contribution is 2.21. The Balaban J connectivity index is 2.25. The summed E-state index contributed by atoms with van der Waals surface area (Å²) in [6, 6.07) is 9.22. The lowest BCUT2D eigenvalue weighted by Gasteiger charge is -2.07. The second kappa shape index (κ2) is 5.79. The molecule has 2 aromatic rings. The van der Waals surface area contributed by atoms with Gasteiger partial charge in [0.15, 0.2) is 0 Å². The number of rotatable bonds is 3. The molecule has 0 saturated heterocycles. The van der Waals surface area contributed by atoms with Crippen LogP contribution in [0.4, 0.5) is 15.8 Å². The van der Waals surface area contributed by atoms with E-state index in [1.54, 1.807) is 0 Å². The standard InChI is InChI=1S/C13H8BrFN2O3/c14-12-5-4-8(15)6-11(12)13(18)16-9-2-1-3-10(7-9)17(19)20/h1-7H,(H,16,18). The lowest BCUT2D eigenvalue weighted by molar-refractivity contribution is -0.384. The zero-order valence-electron chi connectivity index (χ0n) is 9.97. The molecule has 0 spiro atoms. The Bertz CT molecular complexity index is 691. The van der Waals surface area contributed by atoms with Gasteiger partial charge < -0.3 is 5.32 Å². The van der Waals surface area contributed by atoms with Crippen molar-refractivity contribution < 1.29 is 14.1 Å². The van der Waals surface area contributed by atoms with E-state index in [1.807, 2.05) is 0 Å². The minimum atomic E-state index is -0.562. The first-order valence-corrected chi connectivity index (χ1v) is 6.27. The van der Waals surface area contributed by atoms with Gasteiger partial charge in [0.1, 0.15) is 5.82 Å². The summed E-state index contributed by atoms with van der Waals surface area (Å²) in [4.78, 5) is 22.1. The summed E-state index contributed by atoms with van der Waals surface area (Å²) < 4.78 is 13.6. The van der Waals surface area contributed by atoms with E-state index in [4.69, 9.17) is 0 Å². The Kier molecular flexibility index (Phi) is 4.09. The minimum absolute atomic E-state index is 0.108. The second-order valence-electron chi connectivity index (χ2n) is 3.89. The van der Waals surface area contributed by atoms with E-state index in [0.717, 1.165) is 6.07 Å². The van der Waals surface area contributed by atoms with Crippen LogP contribution >= 0.6 is 15.9 Å². The summed E-state index contributed by atoms with van der Waals surface area (Å²) in [5, 5.41) is 13.1. The maximum atomic E-state index is 13.1. The summed E-state index contributed by atoms with van der Waals surface area (Å²) in [7, 11) is 0. The van der Waals surface area contributed by atoms with Crippen molar-refractivity contribution in [2.45, 2.75) is 0 Å². The largest absolute Gasteiger partial charge is 0.322 e. The molecule has 0 radical (unpaired) electrons. The zero-order chi connectivity index (χ0) is 14.7. The molecular formula is C13H8BrFN2O3. The Hall–Kier alpha value is -2.28. The number of nitro groups is 1. The van der Waals surface area contributed by atoms with E-state index in [-0.39, 0.29) is 16.9 Å². The van der Waals surface area contributed by atoms with Gasteiger partial charge in [-0.05, 0) is 40.2 Å². The number of hydrogen-bond acceptors (Lipinski definition) is 3. The fourth-order valence-electron chi connectivity index (χ4n) is 1.57. The molecule has 2 aromatic carbocycles. The van der Waals surface area contributed by atoms with Gasteiger partial charge in [-0.3, -0.25) is 14.9 Å². The summed E-state index contributed by atoms with van der Waals surface area (Å²) in [5.74, 6) is -1.10. The van der Waals surface area contributed by atoms with E-state index < -0.39 is 16.6 Å². The topological polar surface area (TPSA) is 72.2 Å². The lowest BCUT2D eigenvalue weighted by Crippen LogP contribution is -2.13. The summed E-state index contributed by atoms with van der Waals surface area (Å²) >= 11 is 3.15. The van der Waals surface area contributed by atoms with Crippen LogP contribution in [0.15, 0.2) is 46.9 Å². The van der Waals surface area contributed by atoms with E-state index in [1.165, 1.54) is 36.4 Å². The number of benzene rings is 2. The molecule has 0 unspecified atom stereocenters. The maximum absolute atomic E-state index is 13.1. The highest BCUT2D eigenvalue weighted by atomic mass is 79.9. The minimum Gasteiger partial charge on any atom is -0.322 e. The van der Waals surface area contributed by atoms with E-state index >= 15 is 0 Å². The number of halogens is 2. The van der Waals surface area contributed by atoms with Crippen molar-refractivity contribution in [1.29, 1.82) is 0 Å². The van der Waals surface area contributed by atoms with Crippen molar-refractivity contribution in [3.8, 4) is 0 Å². The quantitative estimate of drug-likeness (QED) is 0.684. The molecule has 0 aromatic heterocycles. The Morgan fingerprint density at radius 2 is 2.00 bits per heavy atom. The number of anilines is 1. The predicted molar refractivity (Wildman–Crippen MR) is 75.1 cm³/mol. The molecule has 0 heterocycles. The van der Waals surface area contributed by atoms with Gasteiger partial charge in [-0.2, -0.15) is 0 Å². The van der Waals surface area contributed by atoms with E-state index in [0.29, 0.717) is 4.47 Å². The number of nitrogens with one attached hydrogen (secondary N) is 1. The number of nitrogens with zero attached hydrogens (tertiary/aromatic N) is 1. The van der Waals surface area contributed by atoms with Gasteiger partial charge in [0.25, 0.3) is 11.6 Å². The van der Waals surface area contributed by atoms with Gasteiger partial charge in [-0.25, -0.2) is 4.39 Å². The molecule has 0 aliphatic carbocycles. The van der Waals surface area contributed by atoms with Crippen molar-refractivity contribution in [3.05, 3.63) is 68.4 Å². The van der Waals surface area contributed by atoms with Crippen molar-refractivity contribution >= 4 is 33.2 Å². The highest BCUT2D eigenvalue weighted by Gasteiger charge is 2.13. The first kappa shape index (κ1) is 14.1. The molecule has 0 aliphatic heterocycles. The third-order valence-corrected chi connectivity index (χ3v) is 3.18. The van der Waals surface area contributed by atoms with Crippen LogP contribution in [-0.2, 0) is 0 Å². The molecule has 1 amide bonds. The van der Waals surface area contributed by atoms with Crippen LogP contribution in [0.1, 0.15) is 10.4 Å². The molecule has 0 fully saturated rings. The summed E-state index contributed by atoms with van der Waals surface area (Å²) in [6.45, 7) is 0. The molecule has 102 valence electrons.